The van der Waals surface area contributed by atoms with Gasteiger partial charge in [-0.05, 0) is 74.1 Å². The first kappa shape index (κ1) is 22.1. The molecule has 2 aromatic carbocycles. The molecule has 0 N–H and O–H groups in total. The number of nitriles is 1. The lowest BCUT2D eigenvalue weighted by Crippen LogP contribution is -2.20. The Balaban J connectivity index is 1.54. The molecule has 1 aliphatic rings. The van der Waals surface area contributed by atoms with Crippen LogP contribution in [0, 0.1) is 23.1 Å². The number of nitrogens with zero attached hydrogens (tertiary/aromatic N) is 1. The second kappa shape index (κ2) is 9.95. The summed E-state index contributed by atoms with van der Waals surface area (Å²) in [6.07, 6.45) is 5.48. The lowest BCUT2D eigenvalue weighted by atomic mass is 9.78. The lowest BCUT2D eigenvalue weighted by molar-refractivity contribution is -0.248. The Bertz CT molecular complexity index is 907. The van der Waals surface area contributed by atoms with Gasteiger partial charge in [0.15, 0.2) is 0 Å². The average molecular weight is 413 g/mol. The molecule has 2 aromatic rings. The van der Waals surface area contributed by atoms with Crippen molar-refractivity contribution in [3.05, 3.63) is 82.7 Å². The summed E-state index contributed by atoms with van der Waals surface area (Å²) in [5, 5.41) is 8.74. The fourth-order valence-corrected chi connectivity index (χ4v) is 4.05. The van der Waals surface area contributed by atoms with E-state index in [1.807, 2.05) is 6.92 Å². The summed E-state index contributed by atoms with van der Waals surface area (Å²) in [6, 6.07) is 12.2. The molecule has 0 saturated heterocycles. The molecule has 1 fully saturated rings. The van der Waals surface area contributed by atoms with E-state index < -0.39 is 11.9 Å². The summed E-state index contributed by atoms with van der Waals surface area (Å²) in [5.41, 5.74) is 1.35. The van der Waals surface area contributed by atoms with Gasteiger partial charge in [0.2, 0.25) is 0 Å². The largest absolute Gasteiger partial charge is 0.383 e. The van der Waals surface area contributed by atoms with E-state index in [1.165, 1.54) is 24.3 Å². The summed E-state index contributed by atoms with van der Waals surface area (Å²) in [7, 11) is 0. The van der Waals surface area contributed by atoms with E-state index in [2.05, 4.69) is 12.2 Å². The number of halogens is 3. The summed E-state index contributed by atoms with van der Waals surface area (Å²) < 4.78 is 47.3. The predicted molar refractivity (Wildman–Crippen MR) is 111 cm³/mol. The van der Waals surface area contributed by atoms with Gasteiger partial charge in [-0.15, -0.1) is 0 Å². The van der Waals surface area contributed by atoms with E-state index in [9.17, 15) is 13.2 Å². The van der Waals surface area contributed by atoms with Gasteiger partial charge in [-0.25, -0.2) is 4.39 Å². The van der Waals surface area contributed by atoms with Crippen LogP contribution in [-0.2, 0) is 17.3 Å². The van der Waals surface area contributed by atoms with Gasteiger partial charge in [0.05, 0.1) is 17.7 Å². The molecule has 1 saturated carbocycles. The standard InChI is InChI=1S/C25H26F3NO/c1-2-3-18-4-7-20(8-5-18)21-10-12-23(13-11-21)25(27,28)30-15-14-19-6-9-22(17-29)24(26)16-19/h2-3,6,9-13,16,18,20H,4-5,7-8,14-15H2,1H3. The lowest BCUT2D eigenvalue weighted by Gasteiger charge is -2.27. The fraction of sp³-hybridized carbons (Fsp3) is 0.400. The zero-order chi connectivity index (χ0) is 21.6. The van der Waals surface area contributed by atoms with E-state index in [4.69, 9.17) is 10.00 Å². The summed E-state index contributed by atoms with van der Waals surface area (Å²) >= 11 is 0. The Kier molecular flexibility index (Phi) is 7.33. The number of hydrogen-bond donors (Lipinski definition) is 0. The molecule has 0 aliphatic heterocycles. The van der Waals surface area contributed by atoms with Crippen molar-refractivity contribution in [2.24, 2.45) is 5.92 Å². The van der Waals surface area contributed by atoms with Crippen LogP contribution < -0.4 is 0 Å². The molecule has 3 rings (SSSR count). The molecule has 5 heteroatoms. The van der Waals surface area contributed by atoms with Gasteiger partial charge in [-0.1, -0.05) is 42.5 Å². The first-order valence-electron chi connectivity index (χ1n) is 10.4. The quantitative estimate of drug-likeness (QED) is 0.465. The third-order valence-electron chi connectivity index (χ3n) is 5.78. The highest BCUT2D eigenvalue weighted by molar-refractivity contribution is 5.33. The van der Waals surface area contributed by atoms with Crippen molar-refractivity contribution in [3.8, 4) is 6.07 Å². The Morgan fingerprint density at radius 3 is 2.40 bits per heavy atom. The molecular weight excluding hydrogens is 387 g/mol. The fourth-order valence-electron chi connectivity index (χ4n) is 4.05. The van der Waals surface area contributed by atoms with Gasteiger partial charge in [0.1, 0.15) is 11.9 Å². The van der Waals surface area contributed by atoms with Crippen molar-refractivity contribution in [2.75, 3.05) is 6.61 Å². The Morgan fingerprint density at radius 2 is 1.80 bits per heavy atom. The summed E-state index contributed by atoms with van der Waals surface area (Å²) in [4.78, 5) is 0. The molecule has 0 heterocycles. The van der Waals surface area contributed by atoms with Gasteiger partial charge in [0.25, 0.3) is 0 Å². The highest BCUT2D eigenvalue weighted by Gasteiger charge is 2.33. The van der Waals surface area contributed by atoms with Gasteiger partial charge in [-0.2, -0.15) is 14.0 Å². The van der Waals surface area contributed by atoms with Crippen molar-refractivity contribution in [2.45, 2.75) is 51.1 Å². The third kappa shape index (κ3) is 5.52. The molecule has 0 radical (unpaired) electrons. The second-order valence-corrected chi connectivity index (χ2v) is 7.80. The normalized spacial score (nSPS) is 19.7. The third-order valence-corrected chi connectivity index (χ3v) is 5.78. The van der Waals surface area contributed by atoms with E-state index in [0.717, 1.165) is 31.2 Å². The van der Waals surface area contributed by atoms with E-state index >= 15 is 0 Å². The van der Waals surface area contributed by atoms with Crippen molar-refractivity contribution in [1.82, 2.24) is 0 Å². The minimum Gasteiger partial charge on any atom is -0.316 e. The van der Waals surface area contributed by atoms with E-state index in [1.54, 1.807) is 24.3 Å². The van der Waals surface area contributed by atoms with Crippen molar-refractivity contribution < 1.29 is 17.9 Å². The molecule has 30 heavy (non-hydrogen) atoms. The monoisotopic (exact) mass is 413 g/mol. The van der Waals surface area contributed by atoms with Crippen LogP contribution in [0.4, 0.5) is 13.2 Å². The molecule has 0 aromatic heterocycles. The van der Waals surface area contributed by atoms with Crippen LogP contribution in [-0.4, -0.2) is 6.61 Å². The van der Waals surface area contributed by atoms with Crippen LogP contribution in [0.15, 0.2) is 54.6 Å². The molecular formula is C25H26F3NO. The van der Waals surface area contributed by atoms with Crippen molar-refractivity contribution >= 4 is 0 Å². The van der Waals surface area contributed by atoms with Gasteiger partial charge < -0.3 is 4.74 Å². The van der Waals surface area contributed by atoms with Gasteiger partial charge in [0, 0.05) is 0 Å². The van der Waals surface area contributed by atoms with Crippen LogP contribution in [0.25, 0.3) is 0 Å². The molecule has 0 amide bonds. The van der Waals surface area contributed by atoms with Gasteiger partial charge in [-0.3, -0.25) is 0 Å². The van der Waals surface area contributed by atoms with Crippen LogP contribution in [0.1, 0.15) is 60.8 Å². The maximum absolute atomic E-state index is 14.4. The molecule has 0 spiro atoms. The molecule has 0 bridgehead atoms. The molecule has 0 atom stereocenters. The molecule has 158 valence electrons. The minimum atomic E-state index is -3.41. The average Bonchev–Trinajstić information content (AvgIpc) is 2.75. The number of alkyl halides is 2. The van der Waals surface area contributed by atoms with Crippen LogP contribution in [0.2, 0.25) is 0 Å². The second-order valence-electron chi connectivity index (χ2n) is 7.80. The van der Waals surface area contributed by atoms with Crippen molar-refractivity contribution in [1.29, 1.82) is 5.26 Å². The predicted octanol–water partition coefficient (Wildman–Crippen LogP) is 6.86. The van der Waals surface area contributed by atoms with E-state index in [-0.39, 0.29) is 24.2 Å². The summed E-state index contributed by atoms with van der Waals surface area (Å²) in [5.74, 6) is 0.395. The number of hydrogen-bond acceptors (Lipinski definition) is 2. The van der Waals surface area contributed by atoms with Crippen LogP contribution in [0.3, 0.4) is 0 Å². The maximum atomic E-state index is 14.4. The van der Waals surface area contributed by atoms with Crippen LogP contribution >= 0.6 is 0 Å². The minimum absolute atomic E-state index is 0.0691. The molecule has 0 unspecified atom stereocenters. The zero-order valence-electron chi connectivity index (χ0n) is 17.1. The SMILES string of the molecule is CC=CC1CCC(c2ccc(C(F)(F)OCCc3ccc(C#N)c(F)c3)cc2)CC1. The first-order valence-corrected chi connectivity index (χ1v) is 10.4. The number of rotatable bonds is 7. The number of benzene rings is 2. The number of allylic oxidation sites excluding steroid dienone is 2. The summed E-state index contributed by atoms with van der Waals surface area (Å²) in [6.45, 7) is 1.78. The molecule has 1 aliphatic carbocycles. The highest BCUT2D eigenvalue weighted by atomic mass is 19.3. The van der Waals surface area contributed by atoms with Crippen molar-refractivity contribution in [3.63, 3.8) is 0 Å². The van der Waals surface area contributed by atoms with Crippen LogP contribution in [0.5, 0.6) is 0 Å². The topological polar surface area (TPSA) is 33.0 Å². The zero-order valence-corrected chi connectivity index (χ0v) is 17.1. The Labute approximate surface area is 176 Å². The highest BCUT2D eigenvalue weighted by Crippen LogP contribution is 2.37. The maximum Gasteiger partial charge on any atom is 0.383 e. The Morgan fingerprint density at radius 1 is 1.10 bits per heavy atom. The van der Waals surface area contributed by atoms with E-state index in [0.29, 0.717) is 17.4 Å². The smallest absolute Gasteiger partial charge is 0.316 e. The Hall–Kier alpha value is -2.58. The first-order chi connectivity index (χ1) is 14.4. The van der Waals surface area contributed by atoms with Gasteiger partial charge >= 0.3 is 6.11 Å². The number of ether oxygens (including phenoxy) is 1. The molecule has 2 nitrogen and oxygen atoms in total.